The molecule has 0 saturated heterocycles. The summed E-state index contributed by atoms with van der Waals surface area (Å²) in [7, 11) is 0. The third-order valence-electron chi connectivity index (χ3n) is 2.95. The van der Waals surface area contributed by atoms with Gasteiger partial charge in [-0.2, -0.15) is 0 Å². The van der Waals surface area contributed by atoms with Crippen LogP contribution in [0, 0.1) is 13.8 Å². The number of hydrogen-bond acceptors (Lipinski definition) is 5. The predicted molar refractivity (Wildman–Crippen MR) is 79.6 cm³/mol. The van der Waals surface area contributed by atoms with Gasteiger partial charge in [-0.05, 0) is 36.9 Å². The molecule has 3 rings (SSSR count). The summed E-state index contributed by atoms with van der Waals surface area (Å²) in [6.45, 7) is 3.99. The van der Waals surface area contributed by atoms with Gasteiger partial charge in [0, 0.05) is 4.88 Å². The average molecular weight is 305 g/mol. The monoisotopic (exact) mass is 305 g/mol. The highest BCUT2D eigenvalue weighted by atomic mass is 32.1. The Kier molecular flexibility index (Phi) is 3.19. The van der Waals surface area contributed by atoms with Crippen LogP contribution in [0.3, 0.4) is 0 Å². The summed E-state index contributed by atoms with van der Waals surface area (Å²) in [6.07, 6.45) is 0. The standard InChI is InChI=1S/C14H11NO3S2/c1-7-6-10(20-8(7)2)12-11(14(16)17)15-13(18-12)9-4-3-5-19-9/h3-6H,1-2H3,(H,16,17). The van der Waals surface area contributed by atoms with Crippen molar-refractivity contribution < 1.29 is 14.3 Å². The van der Waals surface area contributed by atoms with Gasteiger partial charge in [0.1, 0.15) is 0 Å². The van der Waals surface area contributed by atoms with E-state index in [-0.39, 0.29) is 5.69 Å². The summed E-state index contributed by atoms with van der Waals surface area (Å²) in [4.78, 5) is 18.2. The van der Waals surface area contributed by atoms with Crippen LogP contribution in [0.15, 0.2) is 28.0 Å². The third-order valence-corrected chi connectivity index (χ3v) is 4.96. The number of oxazole rings is 1. The van der Waals surface area contributed by atoms with Crippen molar-refractivity contribution in [2.75, 3.05) is 0 Å². The number of aryl methyl sites for hydroxylation is 2. The van der Waals surface area contributed by atoms with Crippen LogP contribution in [-0.2, 0) is 0 Å². The molecule has 3 aromatic heterocycles. The van der Waals surface area contributed by atoms with E-state index < -0.39 is 5.97 Å². The third kappa shape index (κ3) is 2.17. The van der Waals surface area contributed by atoms with Crippen LogP contribution >= 0.6 is 22.7 Å². The molecule has 20 heavy (non-hydrogen) atoms. The van der Waals surface area contributed by atoms with Crippen LogP contribution < -0.4 is 0 Å². The fourth-order valence-electron chi connectivity index (χ4n) is 1.82. The van der Waals surface area contributed by atoms with Gasteiger partial charge in [0.25, 0.3) is 0 Å². The van der Waals surface area contributed by atoms with Gasteiger partial charge in [-0.3, -0.25) is 0 Å². The smallest absolute Gasteiger partial charge is 0.358 e. The van der Waals surface area contributed by atoms with Crippen molar-refractivity contribution in [3.63, 3.8) is 0 Å². The fraction of sp³-hybridized carbons (Fsp3) is 0.143. The highest BCUT2D eigenvalue weighted by Crippen LogP contribution is 2.36. The van der Waals surface area contributed by atoms with E-state index in [1.807, 2.05) is 37.4 Å². The molecular weight excluding hydrogens is 294 g/mol. The zero-order chi connectivity index (χ0) is 14.3. The van der Waals surface area contributed by atoms with Gasteiger partial charge in [-0.25, -0.2) is 9.78 Å². The van der Waals surface area contributed by atoms with E-state index in [9.17, 15) is 9.90 Å². The first-order valence-electron chi connectivity index (χ1n) is 5.91. The molecule has 0 aliphatic carbocycles. The Bertz CT molecular complexity index is 749. The summed E-state index contributed by atoms with van der Waals surface area (Å²) in [5, 5.41) is 11.2. The lowest BCUT2D eigenvalue weighted by molar-refractivity contribution is 0.0691. The molecule has 0 spiro atoms. The number of carbonyl (C=O) groups is 1. The summed E-state index contributed by atoms with van der Waals surface area (Å²) >= 11 is 2.98. The molecule has 3 aromatic rings. The Morgan fingerprint density at radius 2 is 2.15 bits per heavy atom. The van der Waals surface area contributed by atoms with Crippen molar-refractivity contribution in [1.29, 1.82) is 0 Å². The molecule has 3 heterocycles. The number of thiophene rings is 2. The van der Waals surface area contributed by atoms with Gasteiger partial charge in [0.05, 0.1) is 9.75 Å². The van der Waals surface area contributed by atoms with Crippen LogP contribution in [0.25, 0.3) is 21.4 Å². The molecule has 0 aromatic carbocycles. The molecule has 4 nitrogen and oxygen atoms in total. The molecule has 6 heteroatoms. The Labute approximate surface area is 123 Å². The lowest BCUT2D eigenvalue weighted by Gasteiger charge is -1.92. The molecule has 0 amide bonds. The zero-order valence-corrected chi connectivity index (χ0v) is 12.5. The minimum Gasteiger partial charge on any atom is -0.476 e. The molecule has 0 saturated carbocycles. The predicted octanol–water partition coefficient (Wildman–Crippen LogP) is 4.45. The number of nitrogens with zero attached hydrogens (tertiary/aromatic N) is 1. The summed E-state index contributed by atoms with van der Waals surface area (Å²) in [5.74, 6) is -0.381. The minimum atomic E-state index is -1.07. The minimum absolute atomic E-state index is 0.0327. The van der Waals surface area contributed by atoms with Crippen molar-refractivity contribution in [3.05, 3.63) is 39.7 Å². The Balaban J connectivity index is 2.16. The van der Waals surface area contributed by atoms with Crippen molar-refractivity contribution in [2.45, 2.75) is 13.8 Å². The molecule has 0 aliphatic rings. The number of aromatic nitrogens is 1. The molecule has 0 aliphatic heterocycles. The molecule has 0 unspecified atom stereocenters. The van der Waals surface area contributed by atoms with E-state index in [0.717, 1.165) is 20.2 Å². The second-order valence-corrected chi connectivity index (χ2v) is 6.53. The van der Waals surface area contributed by atoms with Gasteiger partial charge in [-0.1, -0.05) is 6.07 Å². The van der Waals surface area contributed by atoms with Crippen molar-refractivity contribution >= 4 is 28.6 Å². The summed E-state index contributed by atoms with van der Waals surface area (Å²) < 4.78 is 5.70. The van der Waals surface area contributed by atoms with Crippen molar-refractivity contribution in [1.82, 2.24) is 4.98 Å². The lowest BCUT2D eigenvalue weighted by atomic mass is 10.2. The lowest BCUT2D eigenvalue weighted by Crippen LogP contribution is -1.98. The Hall–Kier alpha value is -1.92. The average Bonchev–Trinajstić information content (AvgIpc) is 3.09. The van der Waals surface area contributed by atoms with Crippen molar-refractivity contribution in [3.8, 4) is 21.4 Å². The number of hydrogen-bond donors (Lipinski definition) is 1. The van der Waals surface area contributed by atoms with Crippen LogP contribution in [0.4, 0.5) is 0 Å². The van der Waals surface area contributed by atoms with Gasteiger partial charge in [0.15, 0.2) is 11.5 Å². The summed E-state index contributed by atoms with van der Waals surface area (Å²) in [5.41, 5.74) is 1.09. The molecule has 0 bridgehead atoms. The number of rotatable bonds is 3. The first-order valence-corrected chi connectivity index (χ1v) is 7.61. The molecule has 1 N–H and O–H groups in total. The van der Waals surface area contributed by atoms with Gasteiger partial charge < -0.3 is 9.52 Å². The maximum atomic E-state index is 11.4. The molecule has 0 fully saturated rings. The first-order chi connectivity index (χ1) is 9.56. The van der Waals surface area contributed by atoms with Crippen LogP contribution in [-0.4, -0.2) is 16.1 Å². The zero-order valence-electron chi connectivity index (χ0n) is 10.8. The highest BCUT2D eigenvalue weighted by Gasteiger charge is 2.23. The topological polar surface area (TPSA) is 63.3 Å². The highest BCUT2D eigenvalue weighted by molar-refractivity contribution is 7.15. The van der Waals surface area contributed by atoms with Crippen LogP contribution in [0.1, 0.15) is 20.9 Å². The van der Waals surface area contributed by atoms with E-state index in [4.69, 9.17) is 4.42 Å². The summed E-state index contributed by atoms with van der Waals surface area (Å²) in [6, 6.07) is 5.67. The van der Waals surface area contributed by atoms with E-state index >= 15 is 0 Å². The fourth-order valence-corrected chi connectivity index (χ4v) is 3.49. The second-order valence-electron chi connectivity index (χ2n) is 4.33. The van der Waals surface area contributed by atoms with Gasteiger partial charge >= 0.3 is 5.97 Å². The number of aromatic carboxylic acids is 1. The van der Waals surface area contributed by atoms with E-state index in [1.54, 1.807) is 0 Å². The van der Waals surface area contributed by atoms with Crippen LogP contribution in [0.2, 0.25) is 0 Å². The maximum absolute atomic E-state index is 11.4. The van der Waals surface area contributed by atoms with Crippen LogP contribution in [0.5, 0.6) is 0 Å². The normalized spacial score (nSPS) is 10.9. The largest absolute Gasteiger partial charge is 0.476 e. The quantitative estimate of drug-likeness (QED) is 0.776. The van der Waals surface area contributed by atoms with E-state index in [1.165, 1.54) is 22.7 Å². The van der Waals surface area contributed by atoms with Crippen molar-refractivity contribution in [2.24, 2.45) is 0 Å². The first kappa shape index (κ1) is 13.1. The molecule has 0 radical (unpaired) electrons. The Morgan fingerprint density at radius 3 is 2.70 bits per heavy atom. The van der Waals surface area contributed by atoms with E-state index in [2.05, 4.69) is 4.98 Å². The molecule has 102 valence electrons. The SMILES string of the molecule is Cc1cc(-c2oc(-c3cccs3)nc2C(=O)O)sc1C. The Morgan fingerprint density at radius 1 is 1.35 bits per heavy atom. The van der Waals surface area contributed by atoms with Gasteiger partial charge in [0.2, 0.25) is 5.89 Å². The van der Waals surface area contributed by atoms with E-state index in [0.29, 0.717) is 11.7 Å². The number of carboxylic acid groups (broad SMARTS) is 1. The maximum Gasteiger partial charge on any atom is 0.358 e. The molecule has 0 atom stereocenters. The molecular formula is C14H11NO3S2. The van der Waals surface area contributed by atoms with Gasteiger partial charge in [-0.15, -0.1) is 22.7 Å². The second kappa shape index (κ2) is 4.88. The number of carboxylic acids is 1.